The first-order chi connectivity index (χ1) is 11.6. The number of hydrogen-bond acceptors (Lipinski definition) is 3. The molecular formula is C17H22F2N2O3. The zero-order chi connectivity index (χ0) is 16.9. The SMILES string of the molecule is O=C(NCc1cccc(OC(F)F)c1)N[C@@H]1CCC[C@H]2OCC[C@H]12. The largest absolute Gasteiger partial charge is 0.435 e. The number of urea groups is 1. The fourth-order valence-corrected chi connectivity index (χ4v) is 3.59. The second kappa shape index (κ2) is 7.79. The van der Waals surface area contributed by atoms with Crippen molar-refractivity contribution < 1.29 is 23.0 Å². The zero-order valence-electron chi connectivity index (χ0n) is 13.3. The molecule has 3 rings (SSSR count). The van der Waals surface area contributed by atoms with Gasteiger partial charge in [-0.25, -0.2) is 4.79 Å². The maximum absolute atomic E-state index is 12.2. The molecule has 3 atom stereocenters. The minimum absolute atomic E-state index is 0.0861. The van der Waals surface area contributed by atoms with Crippen molar-refractivity contribution in [3.63, 3.8) is 0 Å². The van der Waals surface area contributed by atoms with Gasteiger partial charge in [0.15, 0.2) is 0 Å². The molecule has 2 fully saturated rings. The molecule has 1 heterocycles. The van der Waals surface area contributed by atoms with Crippen LogP contribution in [0.3, 0.4) is 0 Å². The summed E-state index contributed by atoms with van der Waals surface area (Å²) in [5.74, 6) is 0.482. The highest BCUT2D eigenvalue weighted by molar-refractivity contribution is 5.74. The molecule has 1 saturated carbocycles. The molecule has 1 aliphatic heterocycles. The van der Waals surface area contributed by atoms with Gasteiger partial charge in [-0.05, 0) is 43.4 Å². The van der Waals surface area contributed by atoms with Crippen LogP contribution in [0.25, 0.3) is 0 Å². The van der Waals surface area contributed by atoms with Gasteiger partial charge in [0.2, 0.25) is 0 Å². The molecule has 1 saturated heterocycles. The Morgan fingerprint density at radius 1 is 1.33 bits per heavy atom. The van der Waals surface area contributed by atoms with E-state index in [1.54, 1.807) is 12.1 Å². The van der Waals surface area contributed by atoms with Gasteiger partial charge >= 0.3 is 12.6 Å². The van der Waals surface area contributed by atoms with Crippen LogP contribution in [-0.4, -0.2) is 31.4 Å². The third-order valence-corrected chi connectivity index (χ3v) is 4.67. The second-order valence-corrected chi connectivity index (χ2v) is 6.25. The molecule has 1 aliphatic carbocycles. The van der Waals surface area contributed by atoms with Crippen LogP contribution in [0.5, 0.6) is 5.75 Å². The summed E-state index contributed by atoms with van der Waals surface area (Å²) in [4.78, 5) is 12.1. The molecule has 0 spiro atoms. The van der Waals surface area contributed by atoms with Gasteiger partial charge in [-0.15, -0.1) is 0 Å². The molecule has 2 amide bonds. The number of benzene rings is 1. The highest BCUT2D eigenvalue weighted by atomic mass is 19.3. The van der Waals surface area contributed by atoms with E-state index in [9.17, 15) is 13.6 Å². The standard InChI is InChI=1S/C17H22F2N2O3/c18-16(19)24-12-4-1-3-11(9-12)10-20-17(22)21-14-5-2-6-15-13(14)7-8-23-15/h1,3-4,9,13-16H,2,5-8,10H2,(H2,20,21,22)/t13-,14-,15-/m1/s1. The van der Waals surface area contributed by atoms with E-state index in [4.69, 9.17) is 4.74 Å². The lowest BCUT2D eigenvalue weighted by Crippen LogP contribution is -2.49. The van der Waals surface area contributed by atoms with Crippen molar-refractivity contribution in [3.05, 3.63) is 29.8 Å². The Balaban J connectivity index is 1.48. The maximum Gasteiger partial charge on any atom is 0.387 e. The van der Waals surface area contributed by atoms with Gasteiger partial charge in [0.1, 0.15) is 5.75 Å². The topological polar surface area (TPSA) is 59.6 Å². The number of ether oxygens (including phenoxy) is 2. The van der Waals surface area contributed by atoms with Gasteiger partial charge < -0.3 is 20.1 Å². The van der Waals surface area contributed by atoms with Crippen LogP contribution in [0.1, 0.15) is 31.2 Å². The fraction of sp³-hybridized carbons (Fsp3) is 0.588. The summed E-state index contributed by atoms with van der Waals surface area (Å²) in [6, 6.07) is 6.22. The summed E-state index contributed by atoms with van der Waals surface area (Å²) in [5.41, 5.74) is 0.703. The number of rotatable bonds is 5. The summed E-state index contributed by atoms with van der Waals surface area (Å²) >= 11 is 0. The molecule has 2 aliphatic rings. The quantitative estimate of drug-likeness (QED) is 0.866. The lowest BCUT2D eigenvalue weighted by atomic mass is 9.82. The van der Waals surface area contributed by atoms with Crippen molar-refractivity contribution in [2.75, 3.05) is 6.61 Å². The van der Waals surface area contributed by atoms with Gasteiger partial charge in [-0.1, -0.05) is 12.1 Å². The zero-order valence-corrected chi connectivity index (χ0v) is 13.3. The predicted molar refractivity (Wildman–Crippen MR) is 83.9 cm³/mol. The Morgan fingerprint density at radius 3 is 3.04 bits per heavy atom. The number of fused-ring (bicyclic) bond motifs is 1. The van der Waals surface area contributed by atoms with E-state index in [0.717, 1.165) is 32.3 Å². The predicted octanol–water partition coefficient (Wildman–Crippen LogP) is 3.04. The number of carbonyl (C=O) groups is 1. The van der Waals surface area contributed by atoms with E-state index >= 15 is 0 Å². The van der Waals surface area contributed by atoms with Gasteiger partial charge in [-0.2, -0.15) is 8.78 Å². The summed E-state index contributed by atoms with van der Waals surface area (Å²) in [6.45, 7) is -1.83. The minimum Gasteiger partial charge on any atom is -0.435 e. The first-order valence-corrected chi connectivity index (χ1v) is 8.31. The Labute approximate surface area is 139 Å². The molecule has 24 heavy (non-hydrogen) atoms. The van der Waals surface area contributed by atoms with Crippen molar-refractivity contribution in [3.8, 4) is 5.75 Å². The molecule has 0 aromatic heterocycles. The average molecular weight is 340 g/mol. The lowest BCUT2D eigenvalue weighted by Gasteiger charge is -2.33. The molecule has 1 aromatic rings. The van der Waals surface area contributed by atoms with Crippen LogP contribution in [0.4, 0.5) is 13.6 Å². The molecular weight excluding hydrogens is 318 g/mol. The normalized spacial score (nSPS) is 26.0. The van der Waals surface area contributed by atoms with Crippen LogP contribution in [0.15, 0.2) is 24.3 Å². The molecule has 2 N–H and O–H groups in total. The molecule has 0 unspecified atom stereocenters. The second-order valence-electron chi connectivity index (χ2n) is 6.25. The van der Waals surface area contributed by atoms with Crippen molar-refractivity contribution in [1.29, 1.82) is 0 Å². The van der Waals surface area contributed by atoms with E-state index in [2.05, 4.69) is 15.4 Å². The highest BCUT2D eigenvalue weighted by Crippen LogP contribution is 2.34. The van der Waals surface area contributed by atoms with E-state index in [1.807, 2.05) is 0 Å². The number of alkyl halides is 2. The van der Waals surface area contributed by atoms with Crippen LogP contribution >= 0.6 is 0 Å². The van der Waals surface area contributed by atoms with Crippen LogP contribution in [-0.2, 0) is 11.3 Å². The Kier molecular flexibility index (Phi) is 5.50. The van der Waals surface area contributed by atoms with Gasteiger partial charge in [0.25, 0.3) is 0 Å². The maximum atomic E-state index is 12.2. The molecule has 0 bridgehead atoms. The fourth-order valence-electron chi connectivity index (χ4n) is 3.59. The van der Waals surface area contributed by atoms with E-state index < -0.39 is 6.61 Å². The summed E-state index contributed by atoms with van der Waals surface area (Å²) < 4.78 is 34.5. The van der Waals surface area contributed by atoms with Crippen molar-refractivity contribution >= 4 is 6.03 Å². The van der Waals surface area contributed by atoms with Gasteiger partial charge in [0.05, 0.1) is 6.10 Å². The number of amides is 2. The molecule has 7 heteroatoms. The summed E-state index contributed by atoms with van der Waals surface area (Å²) in [6.07, 6.45) is 4.35. The third-order valence-electron chi connectivity index (χ3n) is 4.67. The summed E-state index contributed by atoms with van der Waals surface area (Å²) in [7, 11) is 0. The van der Waals surface area contributed by atoms with Crippen molar-refractivity contribution in [1.82, 2.24) is 10.6 Å². The van der Waals surface area contributed by atoms with Crippen molar-refractivity contribution in [2.45, 2.75) is 51.0 Å². The van der Waals surface area contributed by atoms with Crippen LogP contribution in [0.2, 0.25) is 0 Å². The number of halogens is 2. The van der Waals surface area contributed by atoms with Crippen LogP contribution < -0.4 is 15.4 Å². The van der Waals surface area contributed by atoms with E-state index in [-0.39, 0.29) is 30.5 Å². The first-order valence-electron chi connectivity index (χ1n) is 8.31. The number of nitrogens with one attached hydrogen (secondary N) is 2. The first kappa shape index (κ1) is 17.0. The molecule has 5 nitrogen and oxygen atoms in total. The Bertz CT molecular complexity index is 571. The minimum atomic E-state index is -2.86. The van der Waals surface area contributed by atoms with Crippen molar-refractivity contribution in [2.24, 2.45) is 5.92 Å². The average Bonchev–Trinajstić information content (AvgIpc) is 3.02. The number of carbonyl (C=O) groups excluding carboxylic acids is 1. The molecule has 0 radical (unpaired) electrons. The van der Waals surface area contributed by atoms with Gasteiger partial charge in [0, 0.05) is 25.1 Å². The lowest BCUT2D eigenvalue weighted by molar-refractivity contribution is -0.0498. The van der Waals surface area contributed by atoms with Crippen LogP contribution in [0, 0.1) is 5.92 Å². The molecule has 132 valence electrons. The van der Waals surface area contributed by atoms with E-state index in [0.29, 0.717) is 11.5 Å². The molecule has 1 aromatic carbocycles. The smallest absolute Gasteiger partial charge is 0.387 e. The Hall–Kier alpha value is -1.89. The third kappa shape index (κ3) is 4.35. The Morgan fingerprint density at radius 2 is 2.21 bits per heavy atom. The monoisotopic (exact) mass is 340 g/mol. The number of hydrogen-bond donors (Lipinski definition) is 2. The summed E-state index contributed by atoms with van der Waals surface area (Å²) in [5, 5.41) is 5.80. The highest BCUT2D eigenvalue weighted by Gasteiger charge is 2.38. The van der Waals surface area contributed by atoms with Gasteiger partial charge in [-0.3, -0.25) is 0 Å². The van der Waals surface area contributed by atoms with E-state index in [1.165, 1.54) is 12.1 Å².